The van der Waals surface area contributed by atoms with Gasteiger partial charge in [0.25, 0.3) is 0 Å². The smallest absolute Gasteiger partial charge is 0.240 e. The minimum absolute atomic E-state index is 0.0572. The van der Waals surface area contributed by atoms with E-state index in [9.17, 15) is 13.2 Å². The molecule has 0 heterocycles. The molecule has 1 amide bonds. The van der Waals surface area contributed by atoms with Gasteiger partial charge in [-0.25, -0.2) is 13.1 Å². The molecule has 2 N–H and O–H groups in total. The Labute approximate surface area is 155 Å². The number of aryl methyl sites for hydroxylation is 1. The summed E-state index contributed by atoms with van der Waals surface area (Å²) >= 11 is 0. The molecule has 7 heteroatoms. The summed E-state index contributed by atoms with van der Waals surface area (Å²) in [4.78, 5) is 14.1. The summed E-state index contributed by atoms with van der Waals surface area (Å²) in [5, 5.41) is 2.79. The van der Waals surface area contributed by atoms with E-state index in [1.54, 1.807) is 24.3 Å². The number of amides is 1. The van der Waals surface area contributed by atoms with Gasteiger partial charge in [0, 0.05) is 39.3 Å². The van der Waals surface area contributed by atoms with E-state index in [0.29, 0.717) is 6.54 Å². The third kappa shape index (κ3) is 5.86. The minimum Gasteiger partial charge on any atom is -0.378 e. The van der Waals surface area contributed by atoms with E-state index in [1.807, 2.05) is 50.2 Å². The average Bonchev–Trinajstić information content (AvgIpc) is 2.60. The van der Waals surface area contributed by atoms with Gasteiger partial charge in [-0.3, -0.25) is 4.79 Å². The van der Waals surface area contributed by atoms with Crippen molar-refractivity contribution in [3.8, 4) is 0 Å². The molecule has 0 saturated carbocycles. The van der Waals surface area contributed by atoms with Crippen molar-refractivity contribution in [3.05, 3.63) is 59.7 Å². The maximum Gasteiger partial charge on any atom is 0.240 e. The van der Waals surface area contributed by atoms with Crippen LogP contribution in [0.25, 0.3) is 0 Å². The molecule has 2 rings (SSSR count). The van der Waals surface area contributed by atoms with Crippen molar-refractivity contribution < 1.29 is 13.2 Å². The average molecular weight is 375 g/mol. The highest BCUT2D eigenvalue weighted by molar-refractivity contribution is 7.89. The molecule has 2 aromatic rings. The second kappa shape index (κ2) is 8.82. The van der Waals surface area contributed by atoms with Crippen LogP contribution in [0.5, 0.6) is 0 Å². The van der Waals surface area contributed by atoms with Gasteiger partial charge in [-0.05, 0) is 36.8 Å². The predicted octanol–water partition coefficient (Wildman–Crippen LogP) is 2.05. The molecule has 0 fully saturated rings. The molecule has 0 aliphatic heterocycles. The Kier molecular flexibility index (Phi) is 6.76. The number of rotatable bonds is 8. The Hall–Kier alpha value is -2.38. The number of nitrogens with one attached hydrogen (secondary N) is 2. The van der Waals surface area contributed by atoms with Gasteiger partial charge in [-0.2, -0.15) is 0 Å². The number of anilines is 1. The van der Waals surface area contributed by atoms with Crippen molar-refractivity contribution in [2.24, 2.45) is 0 Å². The van der Waals surface area contributed by atoms with Crippen LogP contribution >= 0.6 is 0 Å². The Bertz CT molecular complexity index is 829. The zero-order valence-corrected chi connectivity index (χ0v) is 16.1. The highest BCUT2D eigenvalue weighted by Gasteiger charge is 2.13. The van der Waals surface area contributed by atoms with Gasteiger partial charge >= 0.3 is 0 Å². The molecule has 2 aromatic carbocycles. The molecule has 0 spiro atoms. The molecule has 0 radical (unpaired) electrons. The fourth-order valence-corrected chi connectivity index (χ4v) is 3.33. The number of carbonyl (C=O) groups excluding carboxylic acids is 1. The number of hydrogen-bond acceptors (Lipinski definition) is 4. The highest BCUT2D eigenvalue weighted by atomic mass is 32.2. The van der Waals surface area contributed by atoms with Gasteiger partial charge in [-0.15, -0.1) is 0 Å². The Morgan fingerprint density at radius 2 is 1.62 bits per heavy atom. The summed E-state index contributed by atoms with van der Waals surface area (Å²) in [6, 6.07) is 14.5. The molecule has 0 aliphatic rings. The molecule has 0 atom stereocenters. The molecule has 6 nitrogen and oxygen atoms in total. The molecule has 0 aromatic heterocycles. The third-order valence-electron chi connectivity index (χ3n) is 3.92. The van der Waals surface area contributed by atoms with Crippen LogP contribution in [0.4, 0.5) is 5.69 Å². The normalized spacial score (nSPS) is 11.2. The second-order valence-corrected chi connectivity index (χ2v) is 8.07. The molecule has 0 bridgehead atoms. The second-order valence-electron chi connectivity index (χ2n) is 6.30. The first kappa shape index (κ1) is 19.9. The largest absolute Gasteiger partial charge is 0.378 e. The van der Waals surface area contributed by atoms with Gasteiger partial charge in [-0.1, -0.05) is 29.8 Å². The van der Waals surface area contributed by atoms with Gasteiger partial charge in [0.1, 0.15) is 0 Å². The lowest BCUT2D eigenvalue weighted by atomic mass is 10.2. The van der Waals surface area contributed by atoms with E-state index in [-0.39, 0.29) is 23.8 Å². The predicted molar refractivity (Wildman–Crippen MR) is 104 cm³/mol. The van der Waals surface area contributed by atoms with E-state index in [1.165, 1.54) is 0 Å². The molecule has 140 valence electrons. The summed E-state index contributed by atoms with van der Waals surface area (Å²) in [6.45, 7) is 2.36. The summed E-state index contributed by atoms with van der Waals surface area (Å²) < 4.78 is 26.7. The van der Waals surface area contributed by atoms with E-state index >= 15 is 0 Å². The first-order valence-corrected chi connectivity index (χ1v) is 9.85. The van der Waals surface area contributed by atoms with E-state index in [4.69, 9.17) is 0 Å². The molecule has 0 saturated heterocycles. The van der Waals surface area contributed by atoms with Crippen LogP contribution in [0.3, 0.4) is 0 Å². The van der Waals surface area contributed by atoms with Crippen LogP contribution in [0.1, 0.15) is 17.5 Å². The van der Waals surface area contributed by atoms with Crippen LogP contribution in [-0.2, 0) is 21.4 Å². The lowest BCUT2D eigenvalue weighted by Gasteiger charge is -2.13. The maximum atomic E-state index is 12.1. The van der Waals surface area contributed by atoms with Crippen molar-refractivity contribution in [2.75, 3.05) is 25.5 Å². The van der Waals surface area contributed by atoms with Gasteiger partial charge in [0.2, 0.25) is 15.9 Å². The van der Waals surface area contributed by atoms with Gasteiger partial charge in [0.05, 0.1) is 4.90 Å². The third-order valence-corrected chi connectivity index (χ3v) is 5.39. The number of carbonyl (C=O) groups is 1. The standard InChI is InChI=1S/C19H25N3O3S/c1-15-4-10-18(11-5-15)26(24,25)21-13-12-19(23)20-14-16-6-8-17(9-7-16)22(2)3/h4-11,21H,12-14H2,1-3H3,(H,20,23). The zero-order chi connectivity index (χ0) is 19.2. The molecule has 26 heavy (non-hydrogen) atoms. The van der Waals surface area contributed by atoms with Crippen LogP contribution in [0, 0.1) is 6.92 Å². The summed E-state index contributed by atoms with van der Waals surface area (Å²) in [5.41, 5.74) is 3.07. The van der Waals surface area contributed by atoms with Crippen LogP contribution < -0.4 is 14.9 Å². The van der Waals surface area contributed by atoms with E-state index in [2.05, 4.69) is 10.0 Å². The molecule has 0 unspecified atom stereocenters. The number of nitrogens with zero attached hydrogens (tertiary/aromatic N) is 1. The lowest BCUT2D eigenvalue weighted by Crippen LogP contribution is -2.30. The van der Waals surface area contributed by atoms with Gasteiger partial charge in [0.15, 0.2) is 0 Å². The quantitative estimate of drug-likeness (QED) is 0.740. The lowest BCUT2D eigenvalue weighted by molar-refractivity contribution is -0.121. The monoisotopic (exact) mass is 375 g/mol. The van der Waals surface area contributed by atoms with Crippen molar-refractivity contribution in [1.82, 2.24) is 10.0 Å². The van der Waals surface area contributed by atoms with Crippen molar-refractivity contribution >= 4 is 21.6 Å². The Morgan fingerprint density at radius 3 is 2.19 bits per heavy atom. The summed E-state index contributed by atoms with van der Waals surface area (Å²) in [5.74, 6) is -0.201. The highest BCUT2D eigenvalue weighted by Crippen LogP contribution is 2.12. The number of hydrogen-bond donors (Lipinski definition) is 2. The first-order valence-electron chi connectivity index (χ1n) is 8.37. The van der Waals surface area contributed by atoms with Crippen LogP contribution in [0.2, 0.25) is 0 Å². The zero-order valence-electron chi connectivity index (χ0n) is 15.3. The fourth-order valence-electron chi connectivity index (χ4n) is 2.30. The number of benzene rings is 2. The van der Waals surface area contributed by atoms with Gasteiger partial charge < -0.3 is 10.2 Å². The maximum absolute atomic E-state index is 12.1. The fraction of sp³-hybridized carbons (Fsp3) is 0.316. The molecule has 0 aliphatic carbocycles. The SMILES string of the molecule is Cc1ccc(S(=O)(=O)NCCC(=O)NCc2ccc(N(C)C)cc2)cc1. The van der Waals surface area contributed by atoms with Crippen LogP contribution in [-0.4, -0.2) is 35.0 Å². The first-order chi connectivity index (χ1) is 12.3. The van der Waals surface area contributed by atoms with E-state index in [0.717, 1.165) is 16.8 Å². The summed E-state index contributed by atoms with van der Waals surface area (Å²) in [7, 11) is 0.346. The Morgan fingerprint density at radius 1 is 1.00 bits per heavy atom. The minimum atomic E-state index is -3.59. The van der Waals surface area contributed by atoms with E-state index < -0.39 is 10.0 Å². The summed E-state index contributed by atoms with van der Waals surface area (Å²) in [6.07, 6.45) is 0.0842. The Balaban J connectivity index is 1.77. The van der Waals surface area contributed by atoms with Crippen LogP contribution in [0.15, 0.2) is 53.4 Å². The molecular weight excluding hydrogens is 350 g/mol. The van der Waals surface area contributed by atoms with Crippen molar-refractivity contribution in [2.45, 2.75) is 24.8 Å². The van der Waals surface area contributed by atoms with Crippen molar-refractivity contribution in [1.29, 1.82) is 0 Å². The number of sulfonamides is 1. The van der Waals surface area contributed by atoms with Crippen molar-refractivity contribution in [3.63, 3.8) is 0 Å². The molecular formula is C19H25N3O3S. The topological polar surface area (TPSA) is 78.5 Å².